The summed E-state index contributed by atoms with van der Waals surface area (Å²) in [6, 6.07) is -0.867. The minimum Gasteiger partial charge on any atom is -0.458 e. The SMILES string of the molecule is CC(=O)N[C@@H]1[C@@H](OC(C)=O)[C@H](O)OC[C@H]1OC(C)=O. The number of aliphatic hydroxyl groups excluding tert-OH is 1. The lowest BCUT2D eigenvalue weighted by atomic mass is 10.0. The lowest BCUT2D eigenvalue weighted by Gasteiger charge is -2.39. The van der Waals surface area contributed by atoms with Crippen LogP contribution in [0, 0.1) is 0 Å². The second kappa shape index (κ2) is 6.48. The smallest absolute Gasteiger partial charge is 0.303 e. The maximum absolute atomic E-state index is 11.2. The summed E-state index contributed by atoms with van der Waals surface area (Å²) in [6.45, 7) is 3.52. The number of carbonyl (C=O) groups is 3. The predicted octanol–water partition coefficient (Wildman–Crippen LogP) is -1.30. The summed E-state index contributed by atoms with van der Waals surface area (Å²) in [5.74, 6) is -1.62. The normalized spacial score (nSPS) is 30.3. The highest BCUT2D eigenvalue weighted by atomic mass is 16.7. The third-order valence-corrected chi connectivity index (χ3v) is 2.46. The molecular formula is C11H17NO7. The predicted molar refractivity (Wildman–Crippen MR) is 60.7 cm³/mol. The summed E-state index contributed by atoms with van der Waals surface area (Å²) in [4.78, 5) is 33.2. The number of hydrogen-bond acceptors (Lipinski definition) is 7. The van der Waals surface area contributed by atoms with Crippen molar-refractivity contribution in [3.8, 4) is 0 Å². The first kappa shape index (κ1) is 15.4. The van der Waals surface area contributed by atoms with E-state index in [0.29, 0.717) is 0 Å². The molecule has 1 saturated heterocycles. The van der Waals surface area contributed by atoms with Gasteiger partial charge in [-0.05, 0) is 0 Å². The topological polar surface area (TPSA) is 111 Å². The van der Waals surface area contributed by atoms with E-state index in [4.69, 9.17) is 14.2 Å². The Labute approximate surface area is 110 Å². The first-order valence-corrected chi connectivity index (χ1v) is 5.72. The number of rotatable bonds is 3. The van der Waals surface area contributed by atoms with Crippen LogP contribution in [0.5, 0.6) is 0 Å². The van der Waals surface area contributed by atoms with Gasteiger partial charge < -0.3 is 24.6 Å². The highest BCUT2D eigenvalue weighted by molar-refractivity contribution is 5.74. The van der Waals surface area contributed by atoms with Crippen LogP contribution in [0.15, 0.2) is 0 Å². The van der Waals surface area contributed by atoms with E-state index in [0.717, 1.165) is 6.92 Å². The molecule has 0 unspecified atom stereocenters. The summed E-state index contributed by atoms with van der Waals surface area (Å²) in [7, 11) is 0. The van der Waals surface area contributed by atoms with Crippen LogP contribution in [0.3, 0.4) is 0 Å². The molecule has 4 atom stereocenters. The Morgan fingerprint density at radius 1 is 1.16 bits per heavy atom. The van der Waals surface area contributed by atoms with Crippen LogP contribution in [0.1, 0.15) is 20.8 Å². The largest absolute Gasteiger partial charge is 0.458 e. The molecular weight excluding hydrogens is 258 g/mol. The van der Waals surface area contributed by atoms with Crippen LogP contribution < -0.4 is 5.32 Å². The highest BCUT2D eigenvalue weighted by Gasteiger charge is 2.44. The van der Waals surface area contributed by atoms with E-state index in [1.807, 2.05) is 0 Å². The van der Waals surface area contributed by atoms with E-state index in [2.05, 4.69) is 5.32 Å². The van der Waals surface area contributed by atoms with E-state index in [1.54, 1.807) is 0 Å². The summed E-state index contributed by atoms with van der Waals surface area (Å²) < 4.78 is 14.9. The molecule has 0 aromatic carbocycles. The molecule has 8 nitrogen and oxygen atoms in total. The minimum absolute atomic E-state index is 0.108. The molecule has 8 heteroatoms. The minimum atomic E-state index is -1.40. The van der Waals surface area contributed by atoms with Crippen molar-refractivity contribution in [2.45, 2.75) is 45.3 Å². The standard InChI is InChI=1S/C11H17NO7/c1-5(13)12-9-8(18-6(2)14)4-17-11(16)10(9)19-7(3)15/h8-11,16H,4H2,1-3H3,(H,12,13)/t8-,9+,10-,11-/m1/s1. The number of hydrogen-bond donors (Lipinski definition) is 2. The lowest BCUT2D eigenvalue weighted by molar-refractivity contribution is -0.238. The zero-order valence-electron chi connectivity index (χ0n) is 10.9. The van der Waals surface area contributed by atoms with Crippen molar-refractivity contribution in [2.75, 3.05) is 6.61 Å². The van der Waals surface area contributed by atoms with Crippen molar-refractivity contribution in [1.82, 2.24) is 5.32 Å². The van der Waals surface area contributed by atoms with Crippen molar-refractivity contribution in [3.05, 3.63) is 0 Å². The first-order chi connectivity index (χ1) is 8.81. The molecule has 0 radical (unpaired) electrons. The molecule has 0 spiro atoms. The number of nitrogens with one attached hydrogen (secondary N) is 1. The second-order valence-electron chi connectivity index (χ2n) is 4.17. The Bertz CT molecular complexity index is 370. The maximum Gasteiger partial charge on any atom is 0.303 e. The van der Waals surface area contributed by atoms with Crippen LogP contribution in [-0.4, -0.2) is 54.1 Å². The van der Waals surface area contributed by atoms with Gasteiger partial charge in [0.05, 0.1) is 6.61 Å². The molecule has 1 amide bonds. The van der Waals surface area contributed by atoms with Gasteiger partial charge in [-0.25, -0.2) is 0 Å². The van der Waals surface area contributed by atoms with Crippen LogP contribution in [0.2, 0.25) is 0 Å². The van der Waals surface area contributed by atoms with Gasteiger partial charge >= 0.3 is 11.9 Å². The average Bonchev–Trinajstić information content (AvgIpc) is 2.25. The molecule has 2 N–H and O–H groups in total. The Hall–Kier alpha value is -1.67. The molecule has 1 aliphatic rings. The molecule has 1 fully saturated rings. The molecule has 1 rings (SSSR count). The van der Waals surface area contributed by atoms with E-state index < -0.39 is 42.4 Å². The number of carbonyl (C=O) groups excluding carboxylic acids is 3. The third-order valence-electron chi connectivity index (χ3n) is 2.46. The quantitative estimate of drug-likeness (QED) is 0.616. The molecule has 0 aliphatic carbocycles. The maximum atomic E-state index is 11.2. The Morgan fingerprint density at radius 2 is 1.74 bits per heavy atom. The van der Waals surface area contributed by atoms with Crippen LogP contribution in [-0.2, 0) is 28.6 Å². The van der Waals surface area contributed by atoms with Crippen molar-refractivity contribution in [3.63, 3.8) is 0 Å². The molecule has 0 aromatic heterocycles. The zero-order valence-corrected chi connectivity index (χ0v) is 10.9. The Kier molecular flexibility index (Phi) is 5.25. The van der Waals surface area contributed by atoms with E-state index in [1.165, 1.54) is 13.8 Å². The van der Waals surface area contributed by atoms with E-state index >= 15 is 0 Å². The van der Waals surface area contributed by atoms with Gasteiger partial charge in [-0.1, -0.05) is 0 Å². The van der Waals surface area contributed by atoms with Gasteiger partial charge in [0.25, 0.3) is 0 Å². The molecule has 108 valence electrons. The fourth-order valence-electron chi connectivity index (χ4n) is 1.83. The van der Waals surface area contributed by atoms with Crippen molar-refractivity contribution in [1.29, 1.82) is 0 Å². The lowest BCUT2D eigenvalue weighted by Crippen LogP contribution is -2.62. The van der Waals surface area contributed by atoms with Gasteiger partial charge in [-0.15, -0.1) is 0 Å². The number of ether oxygens (including phenoxy) is 3. The van der Waals surface area contributed by atoms with Crippen LogP contribution in [0.25, 0.3) is 0 Å². The van der Waals surface area contributed by atoms with Gasteiger partial charge in [-0.2, -0.15) is 0 Å². The summed E-state index contributed by atoms with van der Waals surface area (Å²) >= 11 is 0. The van der Waals surface area contributed by atoms with E-state index in [-0.39, 0.29) is 6.61 Å². The second-order valence-corrected chi connectivity index (χ2v) is 4.17. The molecule has 1 aliphatic heterocycles. The third kappa shape index (κ3) is 4.49. The molecule has 0 aromatic rings. The van der Waals surface area contributed by atoms with Gasteiger partial charge in [0.15, 0.2) is 12.4 Å². The van der Waals surface area contributed by atoms with Gasteiger partial charge in [0, 0.05) is 20.8 Å². The molecule has 0 bridgehead atoms. The Balaban J connectivity index is 2.89. The fourth-order valence-corrected chi connectivity index (χ4v) is 1.83. The van der Waals surface area contributed by atoms with Gasteiger partial charge in [-0.3, -0.25) is 14.4 Å². The Morgan fingerprint density at radius 3 is 2.21 bits per heavy atom. The molecule has 1 heterocycles. The number of esters is 2. The van der Waals surface area contributed by atoms with Gasteiger partial charge in [0.1, 0.15) is 12.1 Å². The summed E-state index contributed by atoms with van der Waals surface area (Å²) in [5, 5.41) is 12.2. The van der Waals surface area contributed by atoms with E-state index in [9.17, 15) is 19.5 Å². The first-order valence-electron chi connectivity index (χ1n) is 5.72. The number of aliphatic hydroxyl groups is 1. The van der Waals surface area contributed by atoms with Crippen molar-refractivity contribution in [2.24, 2.45) is 0 Å². The average molecular weight is 275 g/mol. The molecule has 19 heavy (non-hydrogen) atoms. The fraction of sp³-hybridized carbons (Fsp3) is 0.727. The van der Waals surface area contributed by atoms with Crippen molar-refractivity contribution < 1.29 is 33.7 Å². The monoisotopic (exact) mass is 275 g/mol. The summed E-state index contributed by atoms with van der Waals surface area (Å²) in [5.41, 5.74) is 0. The van der Waals surface area contributed by atoms with Crippen LogP contribution in [0.4, 0.5) is 0 Å². The van der Waals surface area contributed by atoms with Gasteiger partial charge in [0.2, 0.25) is 5.91 Å². The van der Waals surface area contributed by atoms with Crippen molar-refractivity contribution >= 4 is 17.8 Å². The zero-order chi connectivity index (χ0) is 14.6. The summed E-state index contributed by atoms with van der Waals surface area (Å²) in [6.07, 6.45) is -3.37. The number of amides is 1. The highest BCUT2D eigenvalue weighted by Crippen LogP contribution is 2.20. The van der Waals surface area contributed by atoms with Crippen LogP contribution >= 0.6 is 0 Å². The molecule has 0 saturated carbocycles.